The Balaban J connectivity index is 1.87. The second kappa shape index (κ2) is 6.49. The van der Waals surface area contributed by atoms with Gasteiger partial charge in [-0.15, -0.1) is 0 Å². The van der Waals surface area contributed by atoms with Crippen molar-refractivity contribution in [2.24, 2.45) is 5.92 Å². The van der Waals surface area contributed by atoms with Crippen molar-refractivity contribution < 1.29 is 0 Å². The van der Waals surface area contributed by atoms with Gasteiger partial charge >= 0.3 is 0 Å². The number of nitrogens with zero attached hydrogens (tertiary/aromatic N) is 3. The SMILES string of the molecule is CCCCC1CCC(c2cnc(C#N)nc2)CC1. The number of unbranched alkanes of at least 4 members (excludes halogenated alkanes) is 1. The van der Waals surface area contributed by atoms with Crippen LogP contribution in [0, 0.1) is 17.2 Å². The van der Waals surface area contributed by atoms with Gasteiger partial charge in [-0.2, -0.15) is 5.26 Å². The van der Waals surface area contributed by atoms with Gasteiger partial charge in [-0.25, -0.2) is 9.97 Å². The zero-order chi connectivity index (χ0) is 12.8. The van der Waals surface area contributed by atoms with Crippen LogP contribution in [-0.2, 0) is 0 Å². The first-order valence-electron chi connectivity index (χ1n) is 7.05. The maximum absolute atomic E-state index is 8.68. The molecular weight excluding hydrogens is 222 g/mol. The zero-order valence-electron chi connectivity index (χ0n) is 11.1. The molecule has 96 valence electrons. The van der Waals surface area contributed by atoms with Gasteiger partial charge in [-0.3, -0.25) is 0 Å². The molecule has 0 N–H and O–H groups in total. The van der Waals surface area contributed by atoms with Crippen LogP contribution >= 0.6 is 0 Å². The normalized spacial score (nSPS) is 23.6. The molecule has 1 saturated carbocycles. The second-order valence-corrected chi connectivity index (χ2v) is 5.31. The van der Waals surface area contributed by atoms with E-state index in [-0.39, 0.29) is 5.82 Å². The number of nitriles is 1. The average Bonchev–Trinajstić information content (AvgIpc) is 2.46. The summed E-state index contributed by atoms with van der Waals surface area (Å²) in [5.74, 6) is 1.81. The molecule has 0 bridgehead atoms. The quantitative estimate of drug-likeness (QED) is 0.807. The van der Waals surface area contributed by atoms with Crippen molar-refractivity contribution >= 4 is 0 Å². The summed E-state index contributed by atoms with van der Waals surface area (Å²) < 4.78 is 0. The Morgan fingerprint density at radius 2 is 1.89 bits per heavy atom. The summed E-state index contributed by atoms with van der Waals surface area (Å²) in [7, 11) is 0. The van der Waals surface area contributed by atoms with Crippen molar-refractivity contribution in [3.8, 4) is 6.07 Å². The monoisotopic (exact) mass is 243 g/mol. The van der Waals surface area contributed by atoms with Gasteiger partial charge in [-0.05, 0) is 43.1 Å². The Morgan fingerprint density at radius 3 is 2.44 bits per heavy atom. The minimum absolute atomic E-state index is 0.274. The molecule has 0 atom stereocenters. The third-order valence-electron chi connectivity index (χ3n) is 4.06. The number of rotatable bonds is 4. The fraction of sp³-hybridized carbons (Fsp3) is 0.667. The van der Waals surface area contributed by atoms with Gasteiger partial charge in [0.2, 0.25) is 5.82 Å². The number of hydrogen-bond donors (Lipinski definition) is 0. The first-order valence-corrected chi connectivity index (χ1v) is 7.05. The first-order chi connectivity index (χ1) is 8.83. The largest absolute Gasteiger partial charge is 0.232 e. The van der Waals surface area contributed by atoms with E-state index in [1.165, 1.54) is 50.5 Å². The smallest absolute Gasteiger partial charge is 0.227 e. The molecular formula is C15H21N3. The minimum atomic E-state index is 0.274. The lowest BCUT2D eigenvalue weighted by molar-refractivity contribution is 0.304. The summed E-state index contributed by atoms with van der Waals surface area (Å²) >= 11 is 0. The molecule has 0 aromatic carbocycles. The van der Waals surface area contributed by atoms with Crippen molar-refractivity contribution in [2.45, 2.75) is 57.8 Å². The predicted octanol–water partition coefficient (Wildman–Crippen LogP) is 3.81. The summed E-state index contributed by atoms with van der Waals surface area (Å²) in [5.41, 5.74) is 1.21. The Morgan fingerprint density at radius 1 is 1.22 bits per heavy atom. The molecule has 0 unspecified atom stereocenters. The highest BCUT2D eigenvalue weighted by molar-refractivity contribution is 5.17. The van der Waals surface area contributed by atoms with E-state index in [0.717, 1.165) is 5.92 Å². The third kappa shape index (κ3) is 3.29. The third-order valence-corrected chi connectivity index (χ3v) is 4.06. The topological polar surface area (TPSA) is 49.6 Å². The highest BCUT2D eigenvalue weighted by atomic mass is 14.9. The maximum atomic E-state index is 8.68. The van der Waals surface area contributed by atoms with E-state index in [2.05, 4.69) is 16.9 Å². The van der Waals surface area contributed by atoms with Gasteiger partial charge in [0.1, 0.15) is 6.07 Å². The van der Waals surface area contributed by atoms with Gasteiger partial charge in [0.05, 0.1) is 0 Å². The fourth-order valence-electron chi connectivity index (χ4n) is 2.88. The van der Waals surface area contributed by atoms with Crippen molar-refractivity contribution in [3.05, 3.63) is 23.8 Å². The van der Waals surface area contributed by atoms with Crippen LogP contribution in [0.2, 0.25) is 0 Å². The summed E-state index contributed by atoms with van der Waals surface area (Å²) in [6.45, 7) is 2.26. The highest BCUT2D eigenvalue weighted by Crippen LogP contribution is 2.37. The summed E-state index contributed by atoms with van der Waals surface area (Å²) in [6, 6.07) is 1.97. The van der Waals surface area contributed by atoms with E-state index < -0.39 is 0 Å². The summed E-state index contributed by atoms with van der Waals surface area (Å²) in [4.78, 5) is 8.14. The molecule has 2 rings (SSSR count). The van der Waals surface area contributed by atoms with E-state index >= 15 is 0 Å². The molecule has 0 radical (unpaired) electrons. The first kappa shape index (κ1) is 13.0. The van der Waals surface area contributed by atoms with Crippen molar-refractivity contribution in [3.63, 3.8) is 0 Å². The van der Waals surface area contributed by atoms with Gasteiger partial charge in [0.25, 0.3) is 0 Å². The Kier molecular flexibility index (Phi) is 4.69. The van der Waals surface area contributed by atoms with E-state index in [1.807, 2.05) is 18.5 Å². The van der Waals surface area contributed by atoms with Crippen LogP contribution < -0.4 is 0 Å². The second-order valence-electron chi connectivity index (χ2n) is 5.31. The molecule has 1 aliphatic carbocycles. The van der Waals surface area contributed by atoms with E-state index in [4.69, 9.17) is 5.26 Å². The van der Waals surface area contributed by atoms with Crippen LogP contribution in [0.15, 0.2) is 12.4 Å². The maximum Gasteiger partial charge on any atom is 0.232 e. The molecule has 18 heavy (non-hydrogen) atoms. The highest BCUT2D eigenvalue weighted by Gasteiger charge is 2.22. The lowest BCUT2D eigenvalue weighted by Gasteiger charge is -2.28. The minimum Gasteiger partial charge on any atom is -0.227 e. The summed E-state index contributed by atoms with van der Waals surface area (Å²) in [5, 5.41) is 8.68. The summed E-state index contributed by atoms with van der Waals surface area (Å²) in [6.07, 6.45) is 12.9. The standard InChI is InChI=1S/C15H21N3/c1-2-3-4-12-5-7-13(8-6-12)14-10-17-15(9-16)18-11-14/h10-13H,2-8H2,1H3. The van der Waals surface area contributed by atoms with Crippen molar-refractivity contribution in [1.82, 2.24) is 9.97 Å². The Hall–Kier alpha value is -1.43. The van der Waals surface area contributed by atoms with Crippen LogP contribution in [0.1, 0.15) is 69.2 Å². The van der Waals surface area contributed by atoms with Gasteiger partial charge in [-0.1, -0.05) is 26.2 Å². The molecule has 0 aliphatic heterocycles. The molecule has 1 aromatic rings. The fourth-order valence-corrected chi connectivity index (χ4v) is 2.88. The Labute approximate surface area is 109 Å². The molecule has 1 aromatic heterocycles. The molecule has 0 saturated heterocycles. The predicted molar refractivity (Wildman–Crippen MR) is 71.0 cm³/mol. The zero-order valence-corrected chi connectivity index (χ0v) is 11.1. The Bertz CT molecular complexity index is 397. The van der Waals surface area contributed by atoms with Gasteiger partial charge in [0.15, 0.2) is 0 Å². The van der Waals surface area contributed by atoms with E-state index in [9.17, 15) is 0 Å². The van der Waals surface area contributed by atoms with Crippen LogP contribution in [-0.4, -0.2) is 9.97 Å². The molecule has 1 fully saturated rings. The van der Waals surface area contributed by atoms with Crippen molar-refractivity contribution in [2.75, 3.05) is 0 Å². The van der Waals surface area contributed by atoms with Gasteiger partial charge in [0, 0.05) is 12.4 Å². The molecule has 3 heteroatoms. The molecule has 1 heterocycles. The molecule has 0 spiro atoms. The van der Waals surface area contributed by atoms with Crippen LogP contribution in [0.4, 0.5) is 0 Å². The lowest BCUT2D eigenvalue weighted by atomic mass is 9.78. The number of hydrogen-bond acceptors (Lipinski definition) is 3. The van der Waals surface area contributed by atoms with E-state index in [1.54, 1.807) is 0 Å². The lowest BCUT2D eigenvalue weighted by Crippen LogP contribution is -2.13. The van der Waals surface area contributed by atoms with Crippen LogP contribution in [0.25, 0.3) is 0 Å². The van der Waals surface area contributed by atoms with Crippen LogP contribution in [0.3, 0.4) is 0 Å². The van der Waals surface area contributed by atoms with E-state index in [0.29, 0.717) is 5.92 Å². The van der Waals surface area contributed by atoms with Crippen molar-refractivity contribution in [1.29, 1.82) is 5.26 Å². The van der Waals surface area contributed by atoms with Crippen LogP contribution in [0.5, 0.6) is 0 Å². The average molecular weight is 243 g/mol. The molecule has 3 nitrogen and oxygen atoms in total. The van der Waals surface area contributed by atoms with Gasteiger partial charge < -0.3 is 0 Å². The molecule has 0 amide bonds. The number of aromatic nitrogens is 2. The molecule has 1 aliphatic rings.